The number of imidazole rings is 1. The second-order valence-electron chi connectivity index (χ2n) is 6.85. The highest BCUT2D eigenvalue weighted by Gasteiger charge is 2.14. The van der Waals surface area contributed by atoms with Gasteiger partial charge >= 0.3 is 5.97 Å². The number of rotatable bonds is 5. The Morgan fingerprint density at radius 1 is 0.964 bits per heavy atom. The molecule has 5 nitrogen and oxygen atoms in total. The van der Waals surface area contributed by atoms with Crippen LogP contribution in [-0.2, 0) is 11.3 Å². The largest absolute Gasteiger partial charge is 0.480 e. The molecule has 5 heteroatoms. The van der Waals surface area contributed by atoms with E-state index in [0.29, 0.717) is 5.82 Å². The first-order valence-corrected chi connectivity index (χ1v) is 9.03. The lowest BCUT2D eigenvalue weighted by Gasteiger charge is -2.10. The SMILES string of the molecule is Cc1cc(C)cc(Oc2ccc(-c3nc4ccccc4n3CC(=O)O)cc2)c1. The summed E-state index contributed by atoms with van der Waals surface area (Å²) in [5.74, 6) is 1.23. The molecule has 1 aromatic heterocycles. The highest BCUT2D eigenvalue weighted by molar-refractivity contribution is 5.82. The van der Waals surface area contributed by atoms with Gasteiger partial charge in [-0.3, -0.25) is 4.79 Å². The van der Waals surface area contributed by atoms with Gasteiger partial charge in [0.15, 0.2) is 0 Å². The lowest BCUT2D eigenvalue weighted by atomic mass is 10.1. The fraction of sp³-hybridized carbons (Fsp3) is 0.130. The average Bonchev–Trinajstić information content (AvgIpc) is 3.00. The summed E-state index contributed by atoms with van der Waals surface area (Å²) in [5, 5.41) is 9.30. The summed E-state index contributed by atoms with van der Waals surface area (Å²) in [7, 11) is 0. The molecule has 0 aliphatic rings. The molecule has 4 rings (SSSR count). The van der Waals surface area contributed by atoms with Crippen LogP contribution in [-0.4, -0.2) is 20.6 Å². The monoisotopic (exact) mass is 372 g/mol. The molecular formula is C23H20N2O3. The van der Waals surface area contributed by atoms with E-state index < -0.39 is 5.97 Å². The molecule has 3 aromatic carbocycles. The van der Waals surface area contributed by atoms with Crippen LogP contribution in [0.15, 0.2) is 66.7 Å². The third-order valence-corrected chi connectivity index (χ3v) is 4.49. The summed E-state index contributed by atoms with van der Waals surface area (Å²) in [6.07, 6.45) is 0. The van der Waals surface area contributed by atoms with Crippen LogP contribution in [0.25, 0.3) is 22.4 Å². The van der Waals surface area contributed by atoms with Crippen LogP contribution in [0.1, 0.15) is 11.1 Å². The van der Waals surface area contributed by atoms with Gasteiger partial charge in [-0.1, -0.05) is 18.2 Å². The van der Waals surface area contributed by atoms with Crippen LogP contribution in [0, 0.1) is 13.8 Å². The van der Waals surface area contributed by atoms with Crippen molar-refractivity contribution in [3.63, 3.8) is 0 Å². The molecule has 0 spiro atoms. The Balaban J connectivity index is 1.68. The van der Waals surface area contributed by atoms with Crippen molar-refractivity contribution in [1.82, 2.24) is 9.55 Å². The zero-order chi connectivity index (χ0) is 19.7. The summed E-state index contributed by atoms with van der Waals surface area (Å²) in [6, 6.07) is 21.2. The van der Waals surface area contributed by atoms with E-state index in [1.54, 1.807) is 4.57 Å². The molecule has 4 aromatic rings. The molecule has 0 atom stereocenters. The van der Waals surface area contributed by atoms with E-state index in [-0.39, 0.29) is 6.54 Å². The Labute approximate surface area is 162 Å². The molecule has 0 saturated heterocycles. The van der Waals surface area contributed by atoms with Gasteiger partial charge < -0.3 is 14.4 Å². The quantitative estimate of drug-likeness (QED) is 0.523. The minimum atomic E-state index is -0.904. The van der Waals surface area contributed by atoms with Crippen molar-refractivity contribution in [2.24, 2.45) is 0 Å². The van der Waals surface area contributed by atoms with E-state index in [0.717, 1.165) is 39.2 Å². The Kier molecular flexibility index (Phi) is 4.57. The molecule has 0 saturated carbocycles. The Morgan fingerprint density at radius 2 is 1.64 bits per heavy atom. The number of aryl methyl sites for hydroxylation is 2. The number of carboxylic acid groups (broad SMARTS) is 1. The number of para-hydroxylation sites is 2. The minimum Gasteiger partial charge on any atom is -0.480 e. The lowest BCUT2D eigenvalue weighted by molar-refractivity contribution is -0.137. The smallest absolute Gasteiger partial charge is 0.323 e. The summed E-state index contributed by atoms with van der Waals surface area (Å²) in [5.41, 5.74) is 4.71. The molecule has 0 radical (unpaired) electrons. The number of carboxylic acids is 1. The molecule has 0 unspecified atom stereocenters. The molecule has 0 fully saturated rings. The lowest BCUT2D eigenvalue weighted by Crippen LogP contribution is -2.09. The Bertz CT molecular complexity index is 1140. The number of benzene rings is 3. The second-order valence-corrected chi connectivity index (χ2v) is 6.85. The van der Waals surface area contributed by atoms with Gasteiger partial charge in [-0.25, -0.2) is 4.98 Å². The third kappa shape index (κ3) is 3.60. The van der Waals surface area contributed by atoms with Crippen LogP contribution >= 0.6 is 0 Å². The maximum atomic E-state index is 11.3. The van der Waals surface area contributed by atoms with Crippen molar-refractivity contribution >= 4 is 17.0 Å². The fourth-order valence-electron chi connectivity index (χ4n) is 3.39. The summed E-state index contributed by atoms with van der Waals surface area (Å²) in [4.78, 5) is 16.0. The number of carbonyl (C=O) groups is 1. The summed E-state index contributed by atoms with van der Waals surface area (Å²) in [6.45, 7) is 3.93. The van der Waals surface area contributed by atoms with Crippen LogP contribution < -0.4 is 4.74 Å². The normalized spacial score (nSPS) is 10.9. The number of hydrogen-bond donors (Lipinski definition) is 1. The van der Waals surface area contributed by atoms with Crippen molar-refractivity contribution in [3.05, 3.63) is 77.9 Å². The highest BCUT2D eigenvalue weighted by atomic mass is 16.5. The maximum Gasteiger partial charge on any atom is 0.323 e. The number of hydrogen-bond acceptors (Lipinski definition) is 3. The van der Waals surface area contributed by atoms with Crippen molar-refractivity contribution < 1.29 is 14.6 Å². The minimum absolute atomic E-state index is 0.142. The first-order valence-electron chi connectivity index (χ1n) is 9.03. The topological polar surface area (TPSA) is 64.4 Å². The summed E-state index contributed by atoms with van der Waals surface area (Å²) >= 11 is 0. The fourth-order valence-corrected chi connectivity index (χ4v) is 3.39. The van der Waals surface area contributed by atoms with E-state index in [9.17, 15) is 9.90 Å². The van der Waals surface area contributed by atoms with Crippen molar-refractivity contribution in [2.45, 2.75) is 20.4 Å². The van der Waals surface area contributed by atoms with Gasteiger partial charge in [0.2, 0.25) is 0 Å². The van der Waals surface area contributed by atoms with Crippen molar-refractivity contribution in [3.8, 4) is 22.9 Å². The Hall–Kier alpha value is -3.60. The number of ether oxygens (including phenoxy) is 1. The molecule has 28 heavy (non-hydrogen) atoms. The molecule has 0 aliphatic carbocycles. The first kappa shape index (κ1) is 17.8. The van der Waals surface area contributed by atoms with Crippen LogP contribution in [0.3, 0.4) is 0 Å². The number of aromatic nitrogens is 2. The van der Waals surface area contributed by atoms with Crippen LogP contribution in [0.2, 0.25) is 0 Å². The van der Waals surface area contributed by atoms with Gasteiger partial charge in [-0.15, -0.1) is 0 Å². The van der Waals surface area contributed by atoms with Gasteiger partial charge in [-0.05, 0) is 73.5 Å². The van der Waals surface area contributed by atoms with Gasteiger partial charge in [0.05, 0.1) is 11.0 Å². The molecule has 0 amide bonds. The first-order chi connectivity index (χ1) is 13.5. The summed E-state index contributed by atoms with van der Waals surface area (Å²) < 4.78 is 7.68. The zero-order valence-corrected chi connectivity index (χ0v) is 15.7. The van der Waals surface area contributed by atoms with E-state index >= 15 is 0 Å². The highest BCUT2D eigenvalue weighted by Crippen LogP contribution is 2.29. The van der Waals surface area contributed by atoms with E-state index in [2.05, 4.69) is 11.1 Å². The van der Waals surface area contributed by atoms with Crippen molar-refractivity contribution in [1.29, 1.82) is 0 Å². The van der Waals surface area contributed by atoms with Crippen molar-refractivity contribution in [2.75, 3.05) is 0 Å². The average molecular weight is 372 g/mol. The van der Waals surface area contributed by atoms with Crippen LogP contribution in [0.4, 0.5) is 0 Å². The maximum absolute atomic E-state index is 11.3. The standard InChI is InChI=1S/C23H20N2O3/c1-15-11-16(2)13-19(12-15)28-18-9-7-17(8-10-18)23-24-20-5-3-4-6-21(20)25(23)14-22(26)27/h3-13H,14H2,1-2H3,(H,26,27). The van der Waals surface area contributed by atoms with Crippen LogP contribution in [0.5, 0.6) is 11.5 Å². The van der Waals surface area contributed by atoms with E-state index in [1.807, 2.05) is 74.5 Å². The van der Waals surface area contributed by atoms with Gasteiger partial charge in [0, 0.05) is 5.56 Å². The molecule has 140 valence electrons. The van der Waals surface area contributed by atoms with E-state index in [1.165, 1.54) is 0 Å². The molecule has 1 N–H and O–H groups in total. The van der Waals surface area contributed by atoms with Gasteiger partial charge in [0.1, 0.15) is 23.9 Å². The molecule has 1 heterocycles. The molecule has 0 aliphatic heterocycles. The molecular weight excluding hydrogens is 352 g/mol. The Morgan fingerprint density at radius 3 is 2.32 bits per heavy atom. The number of aliphatic carboxylic acids is 1. The zero-order valence-electron chi connectivity index (χ0n) is 15.7. The number of fused-ring (bicyclic) bond motifs is 1. The van der Waals surface area contributed by atoms with Gasteiger partial charge in [0.25, 0.3) is 0 Å². The number of nitrogens with zero attached hydrogens (tertiary/aromatic N) is 2. The van der Waals surface area contributed by atoms with E-state index in [4.69, 9.17) is 4.74 Å². The predicted molar refractivity (Wildman–Crippen MR) is 109 cm³/mol. The van der Waals surface area contributed by atoms with Gasteiger partial charge in [-0.2, -0.15) is 0 Å². The predicted octanol–water partition coefficient (Wildman–Crippen LogP) is 5.20. The second kappa shape index (κ2) is 7.19. The third-order valence-electron chi connectivity index (χ3n) is 4.49. The molecule has 0 bridgehead atoms.